The Balaban J connectivity index is 1.40. The molecule has 2 N–H and O–H groups in total. The predicted molar refractivity (Wildman–Crippen MR) is 110 cm³/mol. The Morgan fingerprint density at radius 2 is 1.54 bits per heavy atom. The van der Waals surface area contributed by atoms with Gasteiger partial charge in [0.05, 0.1) is 0 Å². The van der Waals surface area contributed by atoms with Crippen LogP contribution >= 0.6 is 0 Å². The van der Waals surface area contributed by atoms with E-state index in [0.29, 0.717) is 11.3 Å². The highest BCUT2D eigenvalue weighted by Gasteiger charge is 2.17. The molecule has 1 aliphatic rings. The van der Waals surface area contributed by atoms with E-state index in [-0.39, 0.29) is 17.6 Å². The first-order valence-electron chi connectivity index (χ1n) is 9.17. The van der Waals surface area contributed by atoms with E-state index < -0.39 is 0 Å². The fraction of sp³-hybridized carbons (Fsp3) is 0.130. The Morgan fingerprint density at radius 3 is 2.21 bits per heavy atom. The molecular formula is C23H20N2O3. The molecule has 0 radical (unpaired) electrons. The monoisotopic (exact) mass is 372 g/mol. The number of benzene rings is 2. The number of hydrogen-bond acceptors (Lipinski definition) is 3. The summed E-state index contributed by atoms with van der Waals surface area (Å²) < 4.78 is 5.61. The first-order chi connectivity index (χ1) is 13.6. The van der Waals surface area contributed by atoms with Crippen molar-refractivity contribution in [3.05, 3.63) is 88.9 Å². The third-order valence-corrected chi connectivity index (χ3v) is 4.63. The second kappa shape index (κ2) is 7.56. The summed E-state index contributed by atoms with van der Waals surface area (Å²) in [6, 6.07) is 16.1. The predicted octanol–water partition coefficient (Wildman–Crippen LogP) is 5.05. The average molecular weight is 372 g/mol. The van der Waals surface area contributed by atoms with Crippen molar-refractivity contribution in [3.8, 4) is 0 Å². The Kier molecular flexibility index (Phi) is 4.81. The lowest BCUT2D eigenvalue weighted by atomic mass is 10.1. The van der Waals surface area contributed by atoms with Gasteiger partial charge in [-0.15, -0.1) is 0 Å². The van der Waals surface area contributed by atoms with Crippen molar-refractivity contribution >= 4 is 29.3 Å². The Bertz CT molecular complexity index is 1040. The van der Waals surface area contributed by atoms with Gasteiger partial charge in [-0.1, -0.05) is 23.8 Å². The van der Waals surface area contributed by atoms with Gasteiger partial charge in [-0.2, -0.15) is 0 Å². The number of carbonyl (C=O) groups is 2. The van der Waals surface area contributed by atoms with E-state index in [1.165, 1.54) is 0 Å². The molecule has 140 valence electrons. The zero-order valence-corrected chi connectivity index (χ0v) is 15.5. The first-order valence-corrected chi connectivity index (χ1v) is 9.17. The van der Waals surface area contributed by atoms with Crippen LogP contribution in [0.1, 0.15) is 44.2 Å². The molecule has 1 aromatic heterocycles. The van der Waals surface area contributed by atoms with Gasteiger partial charge in [-0.3, -0.25) is 9.59 Å². The molecule has 3 aromatic rings. The van der Waals surface area contributed by atoms with E-state index in [0.717, 1.165) is 35.4 Å². The van der Waals surface area contributed by atoms with Crippen LogP contribution in [-0.2, 0) is 6.42 Å². The number of hydrogen-bond donors (Lipinski definition) is 2. The molecule has 28 heavy (non-hydrogen) atoms. The summed E-state index contributed by atoms with van der Waals surface area (Å²) in [6.07, 6.45) is 5.78. The molecule has 4 rings (SSSR count). The van der Waals surface area contributed by atoms with Crippen LogP contribution in [0.5, 0.6) is 0 Å². The zero-order chi connectivity index (χ0) is 19.5. The molecule has 0 bridgehead atoms. The molecule has 1 aliphatic carbocycles. The first kappa shape index (κ1) is 17.8. The van der Waals surface area contributed by atoms with Crippen molar-refractivity contribution in [2.45, 2.75) is 19.8 Å². The lowest BCUT2D eigenvalue weighted by Crippen LogP contribution is -2.13. The van der Waals surface area contributed by atoms with Gasteiger partial charge in [0.1, 0.15) is 5.76 Å². The van der Waals surface area contributed by atoms with E-state index in [2.05, 4.69) is 10.6 Å². The Hall–Kier alpha value is -3.60. The summed E-state index contributed by atoms with van der Waals surface area (Å²) >= 11 is 0. The van der Waals surface area contributed by atoms with Crippen LogP contribution in [0, 0.1) is 6.92 Å². The number of anilines is 2. The number of amides is 2. The van der Waals surface area contributed by atoms with Crippen molar-refractivity contribution in [2.75, 3.05) is 10.6 Å². The molecule has 2 aromatic carbocycles. The minimum absolute atomic E-state index is 0.202. The van der Waals surface area contributed by atoms with Gasteiger partial charge < -0.3 is 15.1 Å². The van der Waals surface area contributed by atoms with Crippen molar-refractivity contribution in [3.63, 3.8) is 0 Å². The van der Waals surface area contributed by atoms with Crippen LogP contribution in [-0.4, -0.2) is 11.8 Å². The molecule has 1 heterocycles. The van der Waals surface area contributed by atoms with Gasteiger partial charge in [0.2, 0.25) is 0 Å². The average Bonchev–Trinajstić information content (AvgIpc) is 3.15. The van der Waals surface area contributed by atoms with E-state index in [1.54, 1.807) is 30.3 Å². The van der Waals surface area contributed by atoms with Crippen LogP contribution in [0.4, 0.5) is 11.4 Å². The number of nitrogens with one attached hydrogen (secondary N) is 2. The van der Waals surface area contributed by atoms with Crippen LogP contribution in [0.2, 0.25) is 0 Å². The van der Waals surface area contributed by atoms with Gasteiger partial charge in [0, 0.05) is 16.9 Å². The van der Waals surface area contributed by atoms with E-state index in [9.17, 15) is 9.59 Å². The van der Waals surface area contributed by atoms with Gasteiger partial charge in [0.15, 0.2) is 5.76 Å². The molecule has 5 heteroatoms. The van der Waals surface area contributed by atoms with Crippen LogP contribution in [0.15, 0.2) is 65.1 Å². The summed E-state index contributed by atoms with van der Waals surface area (Å²) in [6.45, 7) is 1.99. The van der Waals surface area contributed by atoms with E-state index in [1.807, 2.05) is 43.3 Å². The summed E-state index contributed by atoms with van der Waals surface area (Å²) in [4.78, 5) is 24.8. The highest BCUT2D eigenvalue weighted by Crippen LogP contribution is 2.24. The number of fused-ring (bicyclic) bond motifs is 1. The maximum atomic E-state index is 12.4. The van der Waals surface area contributed by atoms with Crippen molar-refractivity contribution in [1.29, 1.82) is 0 Å². The summed E-state index contributed by atoms with van der Waals surface area (Å²) in [7, 11) is 0. The largest absolute Gasteiger partial charge is 0.451 e. The fourth-order valence-electron chi connectivity index (χ4n) is 3.06. The maximum Gasteiger partial charge on any atom is 0.291 e. The second-order valence-corrected chi connectivity index (χ2v) is 6.79. The minimum Gasteiger partial charge on any atom is -0.451 e. The lowest BCUT2D eigenvalue weighted by Gasteiger charge is -2.07. The van der Waals surface area contributed by atoms with Gasteiger partial charge in [0.25, 0.3) is 11.8 Å². The van der Waals surface area contributed by atoms with Crippen molar-refractivity contribution in [1.82, 2.24) is 0 Å². The number of rotatable bonds is 4. The Morgan fingerprint density at radius 1 is 0.893 bits per heavy atom. The van der Waals surface area contributed by atoms with E-state index >= 15 is 0 Å². The SMILES string of the molecule is Cc1ccc(NC(=O)c2ccc(NC(=O)c3cc4c(o3)C=CCC4)cc2)cc1. The number of allylic oxidation sites excluding steroid dienone is 1. The molecule has 0 atom stereocenters. The quantitative estimate of drug-likeness (QED) is 0.673. The van der Waals surface area contributed by atoms with Crippen molar-refractivity contribution in [2.24, 2.45) is 0 Å². The smallest absolute Gasteiger partial charge is 0.291 e. The third-order valence-electron chi connectivity index (χ3n) is 4.63. The third kappa shape index (κ3) is 3.88. The number of furan rings is 1. The van der Waals surface area contributed by atoms with Gasteiger partial charge >= 0.3 is 0 Å². The molecule has 0 unspecified atom stereocenters. The standard InChI is InChI=1S/C23H20N2O3/c1-15-6-10-18(11-7-15)24-22(26)16-8-12-19(13-9-16)25-23(27)21-14-17-4-2-3-5-20(17)28-21/h3,5-14H,2,4H2,1H3,(H,24,26)(H,25,27). The summed E-state index contributed by atoms with van der Waals surface area (Å²) in [5.74, 6) is 0.532. The molecule has 2 amide bonds. The molecule has 0 saturated carbocycles. The van der Waals surface area contributed by atoms with Crippen LogP contribution < -0.4 is 10.6 Å². The van der Waals surface area contributed by atoms with Gasteiger partial charge in [-0.05, 0) is 73.9 Å². The van der Waals surface area contributed by atoms with E-state index in [4.69, 9.17) is 4.42 Å². The zero-order valence-electron chi connectivity index (χ0n) is 15.5. The fourth-order valence-corrected chi connectivity index (χ4v) is 3.06. The molecule has 0 spiro atoms. The topological polar surface area (TPSA) is 71.3 Å². The molecular weight excluding hydrogens is 352 g/mol. The molecule has 0 aliphatic heterocycles. The number of carbonyl (C=O) groups excluding carboxylic acids is 2. The minimum atomic E-state index is -0.306. The summed E-state index contributed by atoms with van der Waals surface area (Å²) in [5.41, 5.74) is 4.03. The van der Waals surface area contributed by atoms with Crippen LogP contribution in [0.3, 0.4) is 0 Å². The Labute approximate surface area is 163 Å². The highest BCUT2D eigenvalue weighted by molar-refractivity contribution is 6.05. The van der Waals surface area contributed by atoms with Crippen LogP contribution in [0.25, 0.3) is 6.08 Å². The van der Waals surface area contributed by atoms with Gasteiger partial charge in [-0.25, -0.2) is 0 Å². The molecule has 0 fully saturated rings. The summed E-state index contributed by atoms with van der Waals surface area (Å²) in [5, 5.41) is 5.65. The number of aryl methyl sites for hydroxylation is 2. The molecule has 5 nitrogen and oxygen atoms in total. The van der Waals surface area contributed by atoms with Crippen molar-refractivity contribution < 1.29 is 14.0 Å². The normalized spacial score (nSPS) is 12.3. The second-order valence-electron chi connectivity index (χ2n) is 6.79. The molecule has 0 saturated heterocycles. The maximum absolute atomic E-state index is 12.4. The highest BCUT2D eigenvalue weighted by atomic mass is 16.4. The lowest BCUT2D eigenvalue weighted by molar-refractivity contribution is 0.0994.